The highest BCUT2D eigenvalue weighted by Gasteiger charge is 2.33. The zero-order valence-corrected chi connectivity index (χ0v) is 13.5. The van der Waals surface area contributed by atoms with E-state index in [9.17, 15) is 18.8 Å². The Morgan fingerprint density at radius 3 is 2.68 bits per heavy atom. The molecule has 2 heterocycles. The van der Waals surface area contributed by atoms with Crippen molar-refractivity contribution in [1.82, 2.24) is 14.7 Å². The number of para-hydroxylation sites is 1. The van der Waals surface area contributed by atoms with Crippen LogP contribution < -0.4 is 5.43 Å². The summed E-state index contributed by atoms with van der Waals surface area (Å²) in [4.78, 5) is 37.1. The molecule has 25 heavy (non-hydrogen) atoms. The number of carbonyl (C=O) groups excluding carboxylic acids is 1. The number of hydrogen-bond donors (Lipinski definition) is 1. The molecular formula is C17H16FN3O4. The summed E-state index contributed by atoms with van der Waals surface area (Å²) in [6, 6.07) is 7.12. The summed E-state index contributed by atoms with van der Waals surface area (Å²) in [6.07, 6.45) is 0.328. The molecule has 1 N–H and O–H groups in total. The third-order valence-corrected chi connectivity index (χ3v) is 4.22. The third-order valence-electron chi connectivity index (χ3n) is 4.22. The molecule has 1 fully saturated rings. The zero-order valence-electron chi connectivity index (χ0n) is 13.5. The number of amides is 1. The maximum absolute atomic E-state index is 14.0. The van der Waals surface area contributed by atoms with Crippen molar-refractivity contribution < 1.29 is 19.1 Å². The molecule has 8 heteroatoms. The molecule has 1 aliphatic rings. The van der Waals surface area contributed by atoms with Gasteiger partial charge in [-0.2, -0.15) is 5.10 Å². The van der Waals surface area contributed by atoms with Crippen molar-refractivity contribution in [2.75, 3.05) is 13.1 Å². The molecule has 7 nitrogen and oxygen atoms in total. The topological polar surface area (TPSA) is 92.5 Å². The van der Waals surface area contributed by atoms with E-state index in [1.54, 1.807) is 13.0 Å². The van der Waals surface area contributed by atoms with Gasteiger partial charge < -0.3 is 10.0 Å². The van der Waals surface area contributed by atoms with Crippen molar-refractivity contribution in [1.29, 1.82) is 0 Å². The molecular weight excluding hydrogens is 329 g/mol. The van der Waals surface area contributed by atoms with E-state index in [1.807, 2.05) is 0 Å². The van der Waals surface area contributed by atoms with Crippen LogP contribution in [0.1, 0.15) is 22.6 Å². The first-order chi connectivity index (χ1) is 11.9. The van der Waals surface area contributed by atoms with Gasteiger partial charge in [-0.15, -0.1) is 0 Å². The summed E-state index contributed by atoms with van der Waals surface area (Å²) in [7, 11) is 0. The second-order valence-corrected chi connectivity index (χ2v) is 5.94. The number of rotatable bonds is 3. The van der Waals surface area contributed by atoms with E-state index in [0.29, 0.717) is 12.1 Å². The predicted octanol–water partition coefficient (Wildman–Crippen LogP) is 1.23. The predicted molar refractivity (Wildman–Crippen MR) is 86.2 cm³/mol. The lowest BCUT2D eigenvalue weighted by atomic mass is 10.1. The van der Waals surface area contributed by atoms with Crippen LogP contribution in [0.25, 0.3) is 5.69 Å². The quantitative estimate of drug-likeness (QED) is 0.903. The zero-order chi connectivity index (χ0) is 18.1. The number of carboxylic acids is 1. The number of likely N-dealkylation sites (tertiary alicyclic amines) is 1. The second-order valence-electron chi connectivity index (χ2n) is 5.94. The van der Waals surface area contributed by atoms with Gasteiger partial charge in [0.1, 0.15) is 11.5 Å². The van der Waals surface area contributed by atoms with Crippen LogP contribution in [-0.2, 0) is 4.79 Å². The lowest BCUT2D eigenvalue weighted by Crippen LogP contribution is -2.35. The van der Waals surface area contributed by atoms with Crippen molar-refractivity contribution in [2.24, 2.45) is 5.92 Å². The Morgan fingerprint density at radius 1 is 1.32 bits per heavy atom. The molecule has 1 aromatic carbocycles. The van der Waals surface area contributed by atoms with Gasteiger partial charge in [-0.3, -0.25) is 14.4 Å². The van der Waals surface area contributed by atoms with E-state index in [4.69, 9.17) is 5.11 Å². The first kappa shape index (κ1) is 16.8. The van der Waals surface area contributed by atoms with Crippen molar-refractivity contribution in [2.45, 2.75) is 13.3 Å². The molecule has 2 aromatic rings. The van der Waals surface area contributed by atoms with Crippen LogP contribution in [0.4, 0.5) is 4.39 Å². The summed E-state index contributed by atoms with van der Waals surface area (Å²) in [6.45, 7) is 1.86. The molecule has 1 aliphatic heterocycles. The summed E-state index contributed by atoms with van der Waals surface area (Å²) in [5, 5.41) is 13.1. The van der Waals surface area contributed by atoms with Crippen LogP contribution in [0.2, 0.25) is 0 Å². The standard InChI is InChI=1S/C17H16FN3O4/c1-10-8-14(22)15(16(23)20-7-6-11(9-20)17(24)25)19-21(10)13-5-3-2-4-12(13)18/h2-5,8,11H,6-7,9H2,1H3,(H,24,25). The van der Waals surface area contributed by atoms with E-state index in [1.165, 1.54) is 33.8 Å². The highest BCUT2D eigenvalue weighted by molar-refractivity contribution is 5.92. The van der Waals surface area contributed by atoms with Gasteiger partial charge in [0, 0.05) is 24.8 Å². The molecule has 3 rings (SSSR count). The molecule has 1 amide bonds. The molecule has 1 saturated heterocycles. The van der Waals surface area contributed by atoms with Crippen LogP contribution in [0.3, 0.4) is 0 Å². The highest BCUT2D eigenvalue weighted by atomic mass is 19.1. The fourth-order valence-corrected chi connectivity index (χ4v) is 2.86. The summed E-state index contributed by atoms with van der Waals surface area (Å²) < 4.78 is 15.2. The summed E-state index contributed by atoms with van der Waals surface area (Å²) in [5.74, 6) is -2.80. The molecule has 0 saturated carbocycles. The second kappa shape index (κ2) is 6.46. The number of aryl methyl sites for hydroxylation is 1. The van der Waals surface area contributed by atoms with Crippen molar-refractivity contribution in [3.05, 3.63) is 57.8 Å². The van der Waals surface area contributed by atoms with Crippen LogP contribution in [0.15, 0.2) is 35.1 Å². The van der Waals surface area contributed by atoms with Crippen molar-refractivity contribution in [3.8, 4) is 5.69 Å². The number of halogens is 1. The van der Waals surface area contributed by atoms with E-state index in [2.05, 4.69) is 5.10 Å². The van der Waals surface area contributed by atoms with Crippen molar-refractivity contribution in [3.63, 3.8) is 0 Å². The average Bonchev–Trinajstić information content (AvgIpc) is 3.06. The Balaban J connectivity index is 1.99. The van der Waals surface area contributed by atoms with E-state index in [0.717, 1.165) is 0 Å². The minimum atomic E-state index is -0.976. The number of carbonyl (C=O) groups is 2. The number of aromatic nitrogens is 2. The molecule has 130 valence electrons. The number of nitrogens with zero attached hydrogens (tertiary/aromatic N) is 3. The maximum Gasteiger partial charge on any atom is 0.308 e. The number of benzene rings is 1. The molecule has 1 atom stereocenters. The summed E-state index contributed by atoms with van der Waals surface area (Å²) in [5.41, 5.74) is -0.413. The lowest BCUT2D eigenvalue weighted by Gasteiger charge is -2.17. The number of carboxylic acid groups (broad SMARTS) is 1. The normalized spacial score (nSPS) is 16.9. The van der Waals surface area contributed by atoms with Gasteiger partial charge in [-0.1, -0.05) is 12.1 Å². The fraction of sp³-hybridized carbons (Fsp3) is 0.294. The highest BCUT2D eigenvalue weighted by Crippen LogP contribution is 2.18. The van der Waals surface area contributed by atoms with Crippen molar-refractivity contribution >= 4 is 11.9 Å². The van der Waals surface area contributed by atoms with Gasteiger partial charge in [-0.25, -0.2) is 9.07 Å². The summed E-state index contributed by atoms with van der Waals surface area (Å²) >= 11 is 0. The Morgan fingerprint density at radius 2 is 2.04 bits per heavy atom. The van der Waals surface area contributed by atoms with Crippen LogP contribution in [0.5, 0.6) is 0 Å². The SMILES string of the molecule is Cc1cc(=O)c(C(=O)N2CCC(C(=O)O)C2)nn1-c1ccccc1F. The Kier molecular flexibility index (Phi) is 4.35. The monoisotopic (exact) mass is 345 g/mol. The average molecular weight is 345 g/mol. The van der Waals surface area contributed by atoms with E-state index >= 15 is 0 Å². The molecule has 0 spiro atoms. The Hall–Kier alpha value is -3.03. The number of aliphatic carboxylic acids is 1. The van der Waals surface area contributed by atoms with Gasteiger partial charge in [0.15, 0.2) is 5.69 Å². The minimum Gasteiger partial charge on any atom is -0.481 e. The minimum absolute atomic E-state index is 0.0306. The van der Waals surface area contributed by atoms with E-state index < -0.39 is 29.0 Å². The van der Waals surface area contributed by atoms with Gasteiger partial charge in [-0.05, 0) is 25.5 Å². The molecule has 0 bridgehead atoms. The van der Waals surface area contributed by atoms with Crippen LogP contribution >= 0.6 is 0 Å². The first-order valence-corrected chi connectivity index (χ1v) is 7.76. The smallest absolute Gasteiger partial charge is 0.308 e. The molecule has 1 unspecified atom stereocenters. The lowest BCUT2D eigenvalue weighted by molar-refractivity contribution is -0.141. The van der Waals surface area contributed by atoms with Crippen LogP contribution in [-0.4, -0.2) is 44.8 Å². The van der Waals surface area contributed by atoms with Gasteiger partial charge in [0.05, 0.1) is 5.92 Å². The van der Waals surface area contributed by atoms with Crippen LogP contribution in [0, 0.1) is 18.7 Å². The first-order valence-electron chi connectivity index (χ1n) is 7.76. The molecule has 0 radical (unpaired) electrons. The largest absolute Gasteiger partial charge is 0.481 e. The Bertz CT molecular complexity index is 909. The van der Waals surface area contributed by atoms with E-state index in [-0.39, 0.29) is 24.5 Å². The van der Waals surface area contributed by atoms with Gasteiger partial charge in [0.25, 0.3) is 5.91 Å². The molecule has 0 aliphatic carbocycles. The number of hydrogen-bond acceptors (Lipinski definition) is 4. The van der Waals surface area contributed by atoms with Gasteiger partial charge >= 0.3 is 5.97 Å². The maximum atomic E-state index is 14.0. The molecule has 1 aromatic heterocycles. The third kappa shape index (κ3) is 3.15. The van der Waals surface area contributed by atoms with Gasteiger partial charge in [0.2, 0.25) is 5.43 Å². The Labute approximate surface area is 142 Å². The fourth-order valence-electron chi connectivity index (χ4n) is 2.86.